The molecule has 1 aromatic heterocycles. The highest BCUT2D eigenvalue weighted by Crippen LogP contribution is 2.47. The molecule has 1 N–H and O–H groups in total. The lowest BCUT2D eigenvalue weighted by molar-refractivity contribution is -0.135. The van der Waals surface area contributed by atoms with Gasteiger partial charge in [-0.3, -0.25) is 9.59 Å². The van der Waals surface area contributed by atoms with Gasteiger partial charge in [0.05, 0.1) is 24.8 Å². The van der Waals surface area contributed by atoms with Crippen molar-refractivity contribution >= 4 is 40.0 Å². The van der Waals surface area contributed by atoms with Gasteiger partial charge >= 0.3 is 0 Å². The van der Waals surface area contributed by atoms with Gasteiger partial charge in [0.1, 0.15) is 17.5 Å². The number of nitrogens with zero attached hydrogens (tertiary/aromatic N) is 2. The normalized spacial score (nSPS) is 23.6. The summed E-state index contributed by atoms with van der Waals surface area (Å²) in [5.74, 6) is 1.82. The second-order valence-corrected chi connectivity index (χ2v) is 9.22. The number of rotatable bonds is 5. The van der Waals surface area contributed by atoms with Gasteiger partial charge in [-0.1, -0.05) is 0 Å². The number of carbonyl (C=O) groups excluding carboxylic acids is 2. The predicted molar refractivity (Wildman–Crippen MR) is 110 cm³/mol. The minimum absolute atomic E-state index is 0.0513. The molecule has 1 aromatic carbocycles. The van der Waals surface area contributed by atoms with Crippen LogP contribution in [0.25, 0.3) is 11.3 Å². The fraction of sp³-hybridized carbons (Fsp3) is 0.421. The third kappa shape index (κ3) is 3.22. The van der Waals surface area contributed by atoms with Gasteiger partial charge < -0.3 is 19.7 Å². The average molecular weight is 420 g/mol. The molecule has 0 saturated carbocycles. The highest BCUT2D eigenvalue weighted by atomic mass is 32.2. The summed E-state index contributed by atoms with van der Waals surface area (Å²) in [4.78, 5) is 31.1. The Labute approximate surface area is 171 Å². The van der Waals surface area contributed by atoms with E-state index in [2.05, 4.69) is 10.3 Å². The Kier molecular flexibility index (Phi) is 4.96. The summed E-state index contributed by atoms with van der Waals surface area (Å²) in [5, 5.41) is 5.25. The van der Waals surface area contributed by atoms with E-state index in [4.69, 9.17) is 9.47 Å². The molecule has 2 aliphatic rings. The first-order valence-electron chi connectivity index (χ1n) is 8.90. The lowest BCUT2D eigenvalue weighted by Gasteiger charge is -2.29. The molecular weight excluding hydrogens is 398 g/mol. The van der Waals surface area contributed by atoms with Crippen molar-refractivity contribution in [3.05, 3.63) is 23.6 Å². The molecule has 2 amide bonds. The zero-order valence-electron chi connectivity index (χ0n) is 15.9. The quantitative estimate of drug-likeness (QED) is 0.802. The van der Waals surface area contributed by atoms with Gasteiger partial charge in [-0.25, -0.2) is 4.98 Å². The molecular formula is C19H21N3O4S2. The van der Waals surface area contributed by atoms with Crippen molar-refractivity contribution in [2.75, 3.05) is 25.3 Å². The number of hydrogen-bond donors (Lipinski definition) is 1. The molecule has 7 nitrogen and oxygen atoms in total. The summed E-state index contributed by atoms with van der Waals surface area (Å²) in [6.45, 7) is 2.04. The van der Waals surface area contributed by atoms with Gasteiger partial charge in [-0.2, -0.15) is 0 Å². The second-order valence-electron chi connectivity index (χ2n) is 6.86. The molecule has 0 bridgehead atoms. The van der Waals surface area contributed by atoms with Crippen molar-refractivity contribution in [2.45, 2.75) is 30.7 Å². The highest BCUT2D eigenvalue weighted by molar-refractivity contribution is 8.01. The molecule has 0 spiro atoms. The Balaban J connectivity index is 1.51. The number of hydrogen-bond acceptors (Lipinski definition) is 7. The number of thioether (sulfide) groups is 1. The molecule has 9 heteroatoms. The molecule has 148 valence electrons. The van der Waals surface area contributed by atoms with Crippen molar-refractivity contribution < 1.29 is 19.1 Å². The van der Waals surface area contributed by atoms with E-state index in [9.17, 15) is 9.59 Å². The number of anilines is 1. The zero-order chi connectivity index (χ0) is 19.9. The van der Waals surface area contributed by atoms with Crippen molar-refractivity contribution in [3.8, 4) is 22.8 Å². The maximum absolute atomic E-state index is 12.8. The predicted octanol–water partition coefficient (Wildman–Crippen LogP) is 3.22. The SMILES string of the molecule is COc1ccc(-c2csc(NC(=O)[C@@H]3CS[C@@]4(C)CCC(=O)N34)n2)c(OC)c1. The average Bonchev–Trinajstić information content (AvgIpc) is 3.37. The highest BCUT2D eigenvalue weighted by Gasteiger charge is 2.52. The van der Waals surface area contributed by atoms with Gasteiger partial charge in [0.25, 0.3) is 0 Å². The van der Waals surface area contributed by atoms with E-state index in [1.165, 1.54) is 11.3 Å². The topological polar surface area (TPSA) is 80.8 Å². The maximum Gasteiger partial charge on any atom is 0.249 e. The van der Waals surface area contributed by atoms with Crippen LogP contribution in [0.1, 0.15) is 19.8 Å². The Hall–Kier alpha value is -2.26. The molecule has 3 heterocycles. The van der Waals surface area contributed by atoms with Crippen LogP contribution < -0.4 is 14.8 Å². The Morgan fingerprint density at radius 3 is 2.93 bits per heavy atom. The Morgan fingerprint density at radius 1 is 1.36 bits per heavy atom. The van der Waals surface area contributed by atoms with Crippen LogP contribution in [0.2, 0.25) is 0 Å². The lowest BCUT2D eigenvalue weighted by Crippen LogP contribution is -2.48. The molecule has 0 radical (unpaired) electrons. The molecule has 2 aromatic rings. The van der Waals surface area contributed by atoms with E-state index >= 15 is 0 Å². The van der Waals surface area contributed by atoms with Crippen molar-refractivity contribution in [2.24, 2.45) is 0 Å². The van der Waals surface area contributed by atoms with Crippen molar-refractivity contribution in [1.82, 2.24) is 9.88 Å². The number of methoxy groups -OCH3 is 2. The maximum atomic E-state index is 12.8. The van der Waals surface area contributed by atoms with Crippen LogP contribution in [0.4, 0.5) is 5.13 Å². The molecule has 2 atom stereocenters. The van der Waals surface area contributed by atoms with Gasteiger partial charge in [-0.05, 0) is 25.5 Å². The summed E-state index contributed by atoms with van der Waals surface area (Å²) in [6.07, 6.45) is 1.30. The Bertz CT molecular complexity index is 932. The van der Waals surface area contributed by atoms with E-state index in [1.54, 1.807) is 36.9 Å². The molecule has 0 aliphatic carbocycles. The second kappa shape index (κ2) is 7.29. The fourth-order valence-corrected chi connectivity index (χ4v) is 5.81. The molecule has 2 saturated heterocycles. The fourth-order valence-electron chi connectivity index (χ4n) is 3.67. The van der Waals surface area contributed by atoms with Gasteiger partial charge in [-0.15, -0.1) is 23.1 Å². The number of benzene rings is 1. The molecule has 28 heavy (non-hydrogen) atoms. The molecule has 2 aliphatic heterocycles. The number of amides is 2. The first-order chi connectivity index (χ1) is 13.4. The third-order valence-electron chi connectivity index (χ3n) is 5.17. The zero-order valence-corrected chi connectivity index (χ0v) is 17.5. The van der Waals surface area contributed by atoms with E-state index < -0.39 is 6.04 Å². The Morgan fingerprint density at radius 2 is 2.18 bits per heavy atom. The van der Waals surface area contributed by atoms with Crippen molar-refractivity contribution in [1.29, 1.82) is 0 Å². The number of thiazole rings is 1. The van der Waals surface area contributed by atoms with Crippen LogP contribution in [0.15, 0.2) is 23.6 Å². The first-order valence-corrected chi connectivity index (χ1v) is 10.8. The standard InChI is InChI=1S/C19H21N3O4S2/c1-19-7-6-16(23)22(19)14(10-28-19)17(24)21-18-20-13(9-27-18)12-5-4-11(25-2)8-15(12)26-3/h4-5,8-9,14H,6-7,10H2,1-3H3,(H,20,21,24)/t14-,19-/m0/s1. The lowest BCUT2D eigenvalue weighted by atomic mass is 10.1. The van der Waals surface area contributed by atoms with E-state index in [1.807, 2.05) is 24.4 Å². The summed E-state index contributed by atoms with van der Waals surface area (Å²) < 4.78 is 10.7. The summed E-state index contributed by atoms with van der Waals surface area (Å²) in [7, 11) is 3.19. The van der Waals surface area contributed by atoms with Crippen LogP contribution in [0, 0.1) is 0 Å². The largest absolute Gasteiger partial charge is 0.497 e. The van der Waals surface area contributed by atoms with Crippen LogP contribution in [-0.2, 0) is 9.59 Å². The van der Waals surface area contributed by atoms with E-state index in [-0.39, 0.29) is 16.7 Å². The van der Waals surface area contributed by atoms with Gasteiger partial charge in [0.15, 0.2) is 5.13 Å². The molecule has 2 fully saturated rings. The number of carbonyl (C=O) groups is 2. The number of nitrogens with one attached hydrogen (secondary N) is 1. The van der Waals surface area contributed by atoms with Crippen LogP contribution in [0.3, 0.4) is 0 Å². The minimum Gasteiger partial charge on any atom is -0.497 e. The number of aromatic nitrogens is 1. The summed E-state index contributed by atoms with van der Waals surface area (Å²) in [6, 6.07) is 5.06. The molecule has 0 unspecified atom stereocenters. The summed E-state index contributed by atoms with van der Waals surface area (Å²) >= 11 is 3.02. The third-order valence-corrected chi connectivity index (χ3v) is 7.43. The smallest absolute Gasteiger partial charge is 0.249 e. The van der Waals surface area contributed by atoms with Crippen molar-refractivity contribution in [3.63, 3.8) is 0 Å². The monoisotopic (exact) mass is 419 g/mol. The van der Waals surface area contributed by atoms with Crippen LogP contribution >= 0.6 is 23.1 Å². The van der Waals surface area contributed by atoms with Crippen LogP contribution in [-0.4, -0.2) is 52.6 Å². The number of fused-ring (bicyclic) bond motifs is 1. The summed E-state index contributed by atoms with van der Waals surface area (Å²) in [5.41, 5.74) is 1.53. The van der Waals surface area contributed by atoms with Gasteiger partial charge in [0.2, 0.25) is 11.8 Å². The molecule has 4 rings (SSSR count). The van der Waals surface area contributed by atoms with E-state index in [0.717, 1.165) is 12.0 Å². The van der Waals surface area contributed by atoms with Gasteiger partial charge in [0, 0.05) is 29.2 Å². The number of ether oxygens (including phenoxy) is 2. The first kappa shape index (κ1) is 19.1. The van der Waals surface area contributed by atoms with Crippen LogP contribution in [0.5, 0.6) is 11.5 Å². The van der Waals surface area contributed by atoms with E-state index in [0.29, 0.717) is 34.5 Å². The minimum atomic E-state index is -0.451.